The number of aryl methyl sites for hydroxylation is 1. The van der Waals surface area contributed by atoms with E-state index >= 15 is 0 Å². The summed E-state index contributed by atoms with van der Waals surface area (Å²) < 4.78 is 5.45. The maximum Gasteiger partial charge on any atom is 0.290 e. The van der Waals surface area contributed by atoms with Crippen LogP contribution in [0.25, 0.3) is 0 Å². The third-order valence-electron chi connectivity index (χ3n) is 4.91. The first-order valence-electron chi connectivity index (χ1n) is 9.20. The van der Waals surface area contributed by atoms with Crippen LogP contribution in [0.15, 0.2) is 76.4 Å². The van der Waals surface area contributed by atoms with E-state index in [0.717, 1.165) is 5.56 Å². The van der Waals surface area contributed by atoms with Crippen molar-refractivity contribution in [1.82, 2.24) is 4.90 Å². The van der Waals surface area contributed by atoms with Crippen molar-refractivity contribution in [3.05, 3.63) is 105 Å². The van der Waals surface area contributed by atoms with Gasteiger partial charge in [-0.25, -0.2) is 0 Å². The zero-order valence-corrected chi connectivity index (χ0v) is 17.4. The maximum absolute atomic E-state index is 13.2. The van der Waals surface area contributed by atoms with Gasteiger partial charge in [0.25, 0.3) is 5.91 Å². The van der Waals surface area contributed by atoms with Crippen LogP contribution >= 0.6 is 23.2 Å². The number of benzene rings is 2. The lowest BCUT2D eigenvalue weighted by atomic mass is 9.95. The molecule has 7 heteroatoms. The van der Waals surface area contributed by atoms with Gasteiger partial charge in [-0.1, -0.05) is 53.5 Å². The average Bonchev–Trinajstić information content (AvgIpc) is 3.24. The van der Waals surface area contributed by atoms with Crippen LogP contribution in [0.2, 0.25) is 10.0 Å². The van der Waals surface area contributed by atoms with Crippen LogP contribution in [0, 0.1) is 6.92 Å². The second kappa shape index (κ2) is 8.01. The highest BCUT2D eigenvalue weighted by Gasteiger charge is 2.44. The molecule has 1 aliphatic rings. The molecule has 30 heavy (non-hydrogen) atoms. The predicted molar refractivity (Wildman–Crippen MR) is 114 cm³/mol. The Kier molecular flexibility index (Phi) is 5.41. The first-order chi connectivity index (χ1) is 14.3. The fourth-order valence-corrected chi connectivity index (χ4v) is 4.14. The Morgan fingerprint density at radius 2 is 1.73 bits per heavy atom. The number of carbonyl (C=O) groups is 2. The van der Waals surface area contributed by atoms with Gasteiger partial charge in [0.2, 0.25) is 5.78 Å². The summed E-state index contributed by atoms with van der Waals surface area (Å²) in [7, 11) is 0. The Balaban J connectivity index is 1.83. The topological polar surface area (TPSA) is 70.8 Å². The lowest BCUT2D eigenvalue weighted by Gasteiger charge is -2.27. The van der Waals surface area contributed by atoms with Crippen LogP contribution < -0.4 is 0 Å². The molecule has 0 spiro atoms. The minimum atomic E-state index is -0.869. The summed E-state index contributed by atoms with van der Waals surface area (Å²) in [6.07, 6.45) is 0. The number of Topliss-reactive ketones (excluding diaryl/α,β-unsaturated/α-hetero) is 1. The Morgan fingerprint density at radius 1 is 1.07 bits per heavy atom. The molecule has 2 aromatic carbocycles. The molecule has 0 radical (unpaired) electrons. The zero-order valence-electron chi connectivity index (χ0n) is 15.9. The number of ketones is 1. The van der Waals surface area contributed by atoms with E-state index in [9.17, 15) is 14.7 Å². The van der Waals surface area contributed by atoms with Crippen LogP contribution in [0.4, 0.5) is 0 Å². The molecule has 0 fully saturated rings. The van der Waals surface area contributed by atoms with Gasteiger partial charge >= 0.3 is 0 Å². The average molecular weight is 442 g/mol. The summed E-state index contributed by atoms with van der Waals surface area (Å²) in [5.74, 6) is -1.23. The van der Waals surface area contributed by atoms with E-state index < -0.39 is 23.5 Å². The molecular weight excluding hydrogens is 425 g/mol. The van der Waals surface area contributed by atoms with E-state index in [1.165, 1.54) is 11.0 Å². The number of rotatable bonds is 5. The highest BCUT2D eigenvalue weighted by molar-refractivity contribution is 6.34. The van der Waals surface area contributed by atoms with Crippen molar-refractivity contribution in [1.29, 1.82) is 0 Å². The number of hydrogen-bond donors (Lipinski definition) is 1. The number of amides is 1. The first kappa shape index (κ1) is 20.3. The molecule has 0 bridgehead atoms. The molecule has 152 valence electrons. The quantitative estimate of drug-likeness (QED) is 0.517. The van der Waals surface area contributed by atoms with Gasteiger partial charge in [0.05, 0.1) is 11.6 Å². The van der Waals surface area contributed by atoms with Crippen molar-refractivity contribution < 1.29 is 19.1 Å². The largest absolute Gasteiger partial charge is 0.503 e. The molecule has 1 aliphatic heterocycles. The third kappa shape index (κ3) is 3.74. The van der Waals surface area contributed by atoms with Crippen molar-refractivity contribution >= 4 is 34.9 Å². The van der Waals surface area contributed by atoms with Crippen LogP contribution in [-0.2, 0) is 11.3 Å². The van der Waals surface area contributed by atoms with E-state index in [2.05, 4.69) is 0 Å². The third-order valence-corrected chi connectivity index (χ3v) is 5.35. The van der Waals surface area contributed by atoms with E-state index in [1.54, 1.807) is 31.2 Å². The Morgan fingerprint density at radius 3 is 2.33 bits per heavy atom. The molecule has 5 nitrogen and oxygen atoms in total. The Labute approximate surface area is 183 Å². The van der Waals surface area contributed by atoms with Gasteiger partial charge in [-0.3, -0.25) is 9.59 Å². The van der Waals surface area contributed by atoms with Gasteiger partial charge in [-0.15, -0.1) is 0 Å². The molecule has 0 saturated carbocycles. The Bertz CT molecular complexity index is 1150. The second-order valence-electron chi connectivity index (χ2n) is 7.03. The van der Waals surface area contributed by atoms with Crippen LogP contribution in [0.5, 0.6) is 0 Å². The molecule has 2 heterocycles. The summed E-state index contributed by atoms with van der Waals surface area (Å²) >= 11 is 12.4. The van der Waals surface area contributed by atoms with E-state index in [0.29, 0.717) is 21.4 Å². The summed E-state index contributed by atoms with van der Waals surface area (Å²) in [6, 6.07) is 16.4. The van der Waals surface area contributed by atoms with Crippen LogP contribution in [0.3, 0.4) is 0 Å². The van der Waals surface area contributed by atoms with E-state index in [1.807, 2.05) is 30.3 Å². The molecule has 4 rings (SSSR count). The minimum absolute atomic E-state index is 0.0431. The number of furan rings is 1. The molecule has 0 saturated heterocycles. The lowest BCUT2D eigenvalue weighted by molar-refractivity contribution is -0.130. The highest BCUT2D eigenvalue weighted by atomic mass is 35.5. The van der Waals surface area contributed by atoms with Crippen molar-refractivity contribution in [2.75, 3.05) is 0 Å². The van der Waals surface area contributed by atoms with Gasteiger partial charge < -0.3 is 14.4 Å². The highest BCUT2D eigenvalue weighted by Crippen LogP contribution is 2.41. The number of nitrogens with zero attached hydrogens (tertiary/aromatic N) is 1. The van der Waals surface area contributed by atoms with Gasteiger partial charge in [-0.2, -0.15) is 0 Å². The summed E-state index contributed by atoms with van der Waals surface area (Å²) in [4.78, 5) is 27.6. The first-order valence-corrected chi connectivity index (χ1v) is 9.96. The molecule has 3 aromatic rings. The number of aliphatic hydroxyl groups is 1. The molecule has 0 aliphatic carbocycles. The molecule has 1 aromatic heterocycles. The van der Waals surface area contributed by atoms with Crippen molar-refractivity contribution in [3.63, 3.8) is 0 Å². The normalized spacial score (nSPS) is 16.4. The molecular formula is C23H17Cl2NO4. The zero-order chi connectivity index (χ0) is 21.4. The lowest BCUT2D eigenvalue weighted by Crippen LogP contribution is -2.30. The van der Waals surface area contributed by atoms with E-state index in [-0.39, 0.29) is 17.9 Å². The SMILES string of the molecule is Cc1ccc(C(=O)C2=C(O)C(=O)N(Cc3ccccc3)C2c2cc(Cl)cc(Cl)c2)o1. The summed E-state index contributed by atoms with van der Waals surface area (Å²) in [5.41, 5.74) is 1.30. The number of halogens is 2. The smallest absolute Gasteiger partial charge is 0.290 e. The monoisotopic (exact) mass is 441 g/mol. The van der Waals surface area contributed by atoms with Crippen molar-refractivity contribution in [3.8, 4) is 0 Å². The van der Waals surface area contributed by atoms with Gasteiger partial charge in [0, 0.05) is 16.6 Å². The van der Waals surface area contributed by atoms with Gasteiger partial charge in [0.1, 0.15) is 5.76 Å². The van der Waals surface area contributed by atoms with Gasteiger partial charge in [-0.05, 0) is 48.4 Å². The Hall–Kier alpha value is -3.02. The molecule has 1 amide bonds. The van der Waals surface area contributed by atoms with Crippen molar-refractivity contribution in [2.45, 2.75) is 19.5 Å². The standard InChI is InChI=1S/C23H17Cl2NO4/c1-13-7-8-18(30-13)21(27)19-20(15-9-16(24)11-17(25)10-15)26(23(29)22(19)28)12-14-5-3-2-4-6-14/h2-11,20,28H,12H2,1H3. The fourth-order valence-electron chi connectivity index (χ4n) is 3.60. The van der Waals surface area contributed by atoms with Crippen molar-refractivity contribution in [2.24, 2.45) is 0 Å². The minimum Gasteiger partial charge on any atom is -0.503 e. The second-order valence-corrected chi connectivity index (χ2v) is 7.90. The van der Waals surface area contributed by atoms with Crippen LogP contribution in [-0.4, -0.2) is 21.7 Å². The molecule has 1 atom stereocenters. The number of carbonyl (C=O) groups excluding carboxylic acids is 2. The van der Waals surface area contributed by atoms with Crippen LogP contribution in [0.1, 0.15) is 33.5 Å². The predicted octanol–water partition coefficient (Wildman–Crippen LogP) is 5.67. The summed E-state index contributed by atoms with van der Waals surface area (Å²) in [6.45, 7) is 1.90. The maximum atomic E-state index is 13.2. The summed E-state index contributed by atoms with van der Waals surface area (Å²) in [5, 5.41) is 11.4. The fraction of sp³-hybridized carbons (Fsp3) is 0.130. The number of hydrogen-bond acceptors (Lipinski definition) is 4. The van der Waals surface area contributed by atoms with E-state index in [4.69, 9.17) is 27.6 Å². The molecule has 1 unspecified atom stereocenters. The van der Waals surface area contributed by atoms with Gasteiger partial charge in [0.15, 0.2) is 11.5 Å². The molecule has 1 N–H and O–H groups in total. The number of aliphatic hydroxyl groups excluding tert-OH is 1.